The van der Waals surface area contributed by atoms with Crippen LogP contribution in [-0.4, -0.2) is 12.3 Å². The largest absolute Gasteiger partial charge is 0.382 e. The van der Waals surface area contributed by atoms with E-state index in [2.05, 4.69) is 5.32 Å². The van der Waals surface area contributed by atoms with Gasteiger partial charge in [-0.1, -0.05) is 6.07 Å². The van der Waals surface area contributed by atoms with E-state index in [1.165, 1.54) is 6.07 Å². The minimum Gasteiger partial charge on any atom is -0.382 e. The maximum atomic E-state index is 13.2. The highest BCUT2D eigenvalue weighted by atomic mass is 19.1. The molecule has 0 spiro atoms. The van der Waals surface area contributed by atoms with Gasteiger partial charge in [0.05, 0.1) is 5.69 Å². The van der Waals surface area contributed by atoms with Crippen molar-refractivity contribution in [2.45, 2.75) is 13.3 Å². The van der Waals surface area contributed by atoms with Crippen molar-refractivity contribution in [3.05, 3.63) is 29.1 Å². The molecule has 1 N–H and O–H groups in total. The predicted octanol–water partition coefficient (Wildman–Crippen LogP) is 2.13. The Balaban J connectivity index is 2.67. The van der Waals surface area contributed by atoms with Gasteiger partial charge in [-0.15, -0.1) is 0 Å². The van der Waals surface area contributed by atoms with Gasteiger partial charge in [-0.05, 0) is 18.6 Å². The topological polar surface area (TPSA) is 29.1 Å². The Hall–Kier alpha value is -1.38. The number of carbonyl (C=O) groups excluding carboxylic acids is 1. The van der Waals surface area contributed by atoms with Gasteiger partial charge in [0.1, 0.15) is 5.82 Å². The highest BCUT2D eigenvalue weighted by molar-refractivity contribution is 6.04. The van der Waals surface area contributed by atoms with Crippen molar-refractivity contribution in [3.8, 4) is 0 Å². The molecule has 0 amide bonds. The van der Waals surface area contributed by atoms with Crippen LogP contribution < -0.4 is 5.32 Å². The van der Waals surface area contributed by atoms with Crippen LogP contribution in [0.25, 0.3) is 0 Å². The van der Waals surface area contributed by atoms with Gasteiger partial charge in [-0.3, -0.25) is 4.79 Å². The van der Waals surface area contributed by atoms with Gasteiger partial charge in [-0.25, -0.2) is 4.39 Å². The van der Waals surface area contributed by atoms with Gasteiger partial charge in [0, 0.05) is 18.5 Å². The average Bonchev–Trinajstić information content (AvgIpc) is 2.12. The van der Waals surface area contributed by atoms with Gasteiger partial charge < -0.3 is 5.32 Å². The van der Waals surface area contributed by atoms with Crippen molar-refractivity contribution >= 4 is 11.5 Å². The highest BCUT2D eigenvalue weighted by Crippen LogP contribution is 2.27. The summed E-state index contributed by atoms with van der Waals surface area (Å²) in [5.41, 5.74) is 1.73. The summed E-state index contributed by atoms with van der Waals surface area (Å²) in [4.78, 5) is 11.5. The predicted molar refractivity (Wildman–Crippen MR) is 48.6 cm³/mol. The molecular formula is C10H10FNO. The van der Waals surface area contributed by atoms with E-state index >= 15 is 0 Å². The standard InChI is InChI=1S/C10H10FNO/c1-6-2-3-7(11)10-9(6)8(13)4-5-12-10/h2-3,12H,4-5H2,1H3. The maximum absolute atomic E-state index is 13.2. The molecule has 0 saturated heterocycles. The number of anilines is 1. The third kappa shape index (κ3) is 1.20. The molecule has 1 heterocycles. The molecule has 3 heteroatoms. The molecule has 0 radical (unpaired) electrons. The van der Waals surface area contributed by atoms with Gasteiger partial charge in [-0.2, -0.15) is 0 Å². The van der Waals surface area contributed by atoms with Crippen LogP contribution in [0.5, 0.6) is 0 Å². The number of carbonyl (C=O) groups is 1. The number of ketones is 1. The molecule has 0 unspecified atom stereocenters. The monoisotopic (exact) mass is 179 g/mol. The zero-order valence-corrected chi connectivity index (χ0v) is 7.36. The molecule has 1 aromatic rings. The van der Waals surface area contributed by atoms with Crippen LogP contribution in [0.1, 0.15) is 22.3 Å². The lowest BCUT2D eigenvalue weighted by Gasteiger charge is -2.19. The summed E-state index contributed by atoms with van der Waals surface area (Å²) < 4.78 is 13.2. The fourth-order valence-electron chi connectivity index (χ4n) is 1.64. The molecule has 0 saturated carbocycles. The SMILES string of the molecule is Cc1ccc(F)c2c1C(=O)CCN2. The normalized spacial score (nSPS) is 15.1. The van der Waals surface area contributed by atoms with E-state index in [1.807, 2.05) is 6.92 Å². The Morgan fingerprint density at radius 2 is 2.23 bits per heavy atom. The van der Waals surface area contributed by atoms with Crippen LogP contribution in [0, 0.1) is 12.7 Å². The fourth-order valence-corrected chi connectivity index (χ4v) is 1.64. The van der Waals surface area contributed by atoms with Gasteiger partial charge in [0.2, 0.25) is 0 Å². The van der Waals surface area contributed by atoms with Crippen LogP contribution >= 0.6 is 0 Å². The Bertz CT molecular complexity index is 373. The zero-order chi connectivity index (χ0) is 9.42. The Morgan fingerprint density at radius 1 is 1.46 bits per heavy atom. The number of halogens is 1. The molecule has 1 aliphatic heterocycles. The molecular weight excluding hydrogens is 169 g/mol. The maximum Gasteiger partial charge on any atom is 0.167 e. The first-order chi connectivity index (χ1) is 6.20. The van der Waals surface area contributed by atoms with Gasteiger partial charge >= 0.3 is 0 Å². The van der Waals surface area contributed by atoms with Gasteiger partial charge in [0.15, 0.2) is 5.78 Å². The number of Topliss-reactive ketones (excluding diaryl/α,β-unsaturated/α-hetero) is 1. The molecule has 0 aromatic heterocycles. The number of aryl methyl sites for hydroxylation is 1. The number of rotatable bonds is 0. The molecule has 0 aliphatic carbocycles. The number of fused-ring (bicyclic) bond motifs is 1. The molecule has 0 bridgehead atoms. The number of nitrogens with one attached hydrogen (secondary N) is 1. The second-order valence-electron chi connectivity index (χ2n) is 3.21. The van der Waals surface area contributed by atoms with Crippen LogP contribution in [0.3, 0.4) is 0 Å². The highest BCUT2D eigenvalue weighted by Gasteiger charge is 2.21. The van der Waals surface area contributed by atoms with Crippen LogP contribution in [0.4, 0.5) is 10.1 Å². The van der Waals surface area contributed by atoms with Crippen LogP contribution in [-0.2, 0) is 0 Å². The minimum atomic E-state index is -0.339. The van der Waals surface area contributed by atoms with Crippen molar-refractivity contribution in [2.24, 2.45) is 0 Å². The van der Waals surface area contributed by atoms with Crippen LogP contribution in [0.15, 0.2) is 12.1 Å². The first-order valence-corrected chi connectivity index (χ1v) is 4.26. The lowest BCUT2D eigenvalue weighted by atomic mass is 9.97. The van der Waals surface area contributed by atoms with E-state index in [1.54, 1.807) is 6.07 Å². The Morgan fingerprint density at radius 3 is 2.92 bits per heavy atom. The summed E-state index contributed by atoms with van der Waals surface area (Å²) in [5.74, 6) is -0.306. The van der Waals surface area contributed by atoms with E-state index in [0.717, 1.165) is 5.56 Å². The van der Waals surface area contributed by atoms with Crippen molar-refractivity contribution in [1.29, 1.82) is 0 Å². The summed E-state index contributed by atoms with van der Waals surface area (Å²) in [6, 6.07) is 3.03. The third-order valence-electron chi connectivity index (χ3n) is 2.30. The first-order valence-electron chi connectivity index (χ1n) is 4.26. The van der Waals surface area contributed by atoms with E-state index in [-0.39, 0.29) is 11.6 Å². The Labute approximate surface area is 75.8 Å². The van der Waals surface area contributed by atoms with E-state index in [4.69, 9.17) is 0 Å². The third-order valence-corrected chi connectivity index (χ3v) is 2.30. The lowest BCUT2D eigenvalue weighted by molar-refractivity contribution is 0.0982. The zero-order valence-electron chi connectivity index (χ0n) is 7.36. The molecule has 2 rings (SSSR count). The van der Waals surface area contributed by atoms with E-state index in [0.29, 0.717) is 24.2 Å². The van der Waals surface area contributed by atoms with Crippen molar-refractivity contribution in [1.82, 2.24) is 0 Å². The second-order valence-corrected chi connectivity index (χ2v) is 3.21. The summed E-state index contributed by atoms with van der Waals surface area (Å²) >= 11 is 0. The van der Waals surface area contributed by atoms with Crippen molar-refractivity contribution < 1.29 is 9.18 Å². The molecule has 68 valence electrons. The number of hydrogen-bond acceptors (Lipinski definition) is 2. The number of hydrogen-bond donors (Lipinski definition) is 1. The number of benzene rings is 1. The molecule has 13 heavy (non-hydrogen) atoms. The lowest BCUT2D eigenvalue weighted by Crippen LogP contribution is -2.20. The minimum absolute atomic E-state index is 0.0331. The Kier molecular flexibility index (Phi) is 1.79. The first kappa shape index (κ1) is 8.23. The summed E-state index contributed by atoms with van der Waals surface area (Å²) in [5, 5.41) is 2.91. The smallest absolute Gasteiger partial charge is 0.167 e. The van der Waals surface area contributed by atoms with E-state index in [9.17, 15) is 9.18 Å². The average molecular weight is 179 g/mol. The van der Waals surface area contributed by atoms with Crippen molar-refractivity contribution in [3.63, 3.8) is 0 Å². The molecule has 0 fully saturated rings. The molecule has 2 nitrogen and oxygen atoms in total. The molecule has 0 atom stereocenters. The van der Waals surface area contributed by atoms with Crippen molar-refractivity contribution in [2.75, 3.05) is 11.9 Å². The summed E-state index contributed by atoms with van der Waals surface area (Å²) in [7, 11) is 0. The fraction of sp³-hybridized carbons (Fsp3) is 0.300. The molecule has 1 aliphatic rings. The van der Waals surface area contributed by atoms with Crippen LogP contribution in [0.2, 0.25) is 0 Å². The van der Waals surface area contributed by atoms with Gasteiger partial charge in [0.25, 0.3) is 0 Å². The molecule has 1 aromatic carbocycles. The van der Waals surface area contributed by atoms with E-state index < -0.39 is 0 Å². The summed E-state index contributed by atoms with van der Waals surface area (Å²) in [6.07, 6.45) is 0.456. The second kappa shape index (κ2) is 2.83. The quantitative estimate of drug-likeness (QED) is 0.661. The summed E-state index contributed by atoms with van der Waals surface area (Å²) in [6.45, 7) is 2.36.